The Morgan fingerprint density at radius 3 is 2.16 bits per heavy atom. The maximum atomic E-state index is 11.2. The molecule has 25 heavy (non-hydrogen) atoms. The molecule has 0 N–H and O–H groups in total. The van der Waals surface area contributed by atoms with Crippen molar-refractivity contribution >= 4 is 6.29 Å². The SMILES string of the molecule is CCCC[C@@](C)(/C=C/[C@](CC)(CCC)c1ccc(OC)cc1)CC=O. The molecule has 0 amide bonds. The fourth-order valence-electron chi connectivity index (χ4n) is 3.58. The smallest absolute Gasteiger partial charge is 0.120 e. The Balaban J connectivity index is 3.20. The van der Waals surface area contributed by atoms with E-state index in [2.05, 4.69) is 52.0 Å². The van der Waals surface area contributed by atoms with Crippen molar-refractivity contribution in [3.63, 3.8) is 0 Å². The Bertz CT molecular complexity index is 532. The molecule has 0 aliphatic heterocycles. The van der Waals surface area contributed by atoms with E-state index in [9.17, 15) is 4.79 Å². The van der Waals surface area contributed by atoms with Gasteiger partial charge in [0, 0.05) is 11.8 Å². The number of benzene rings is 1. The number of rotatable bonds is 12. The number of allylic oxidation sites excluding steroid dienone is 2. The fourth-order valence-corrected chi connectivity index (χ4v) is 3.58. The third-order valence-electron chi connectivity index (χ3n) is 5.45. The summed E-state index contributed by atoms with van der Waals surface area (Å²) in [6.45, 7) is 8.92. The fraction of sp³-hybridized carbons (Fsp3) is 0.609. The average molecular weight is 345 g/mol. The van der Waals surface area contributed by atoms with Gasteiger partial charge in [0.15, 0.2) is 0 Å². The zero-order valence-corrected chi connectivity index (χ0v) is 16.8. The molecule has 140 valence electrons. The summed E-state index contributed by atoms with van der Waals surface area (Å²) in [5.41, 5.74) is 1.31. The maximum Gasteiger partial charge on any atom is 0.120 e. The third-order valence-corrected chi connectivity index (χ3v) is 5.45. The topological polar surface area (TPSA) is 26.3 Å². The number of hydrogen-bond donors (Lipinski definition) is 0. The summed E-state index contributed by atoms with van der Waals surface area (Å²) >= 11 is 0. The summed E-state index contributed by atoms with van der Waals surface area (Å²) in [5, 5.41) is 0. The average Bonchev–Trinajstić information content (AvgIpc) is 2.64. The lowest BCUT2D eigenvalue weighted by Gasteiger charge is -2.33. The van der Waals surface area contributed by atoms with Gasteiger partial charge in [0.25, 0.3) is 0 Å². The van der Waals surface area contributed by atoms with E-state index in [4.69, 9.17) is 4.74 Å². The van der Waals surface area contributed by atoms with Crippen LogP contribution in [0.15, 0.2) is 36.4 Å². The van der Waals surface area contributed by atoms with Crippen LogP contribution in [-0.2, 0) is 10.2 Å². The summed E-state index contributed by atoms with van der Waals surface area (Å²) in [4.78, 5) is 11.2. The number of hydrogen-bond acceptors (Lipinski definition) is 2. The van der Waals surface area contributed by atoms with Gasteiger partial charge in [-0.2, -0.15) is 0 Å². The van der Waals surface area contributed by atoms with Crippen molar-refractivity contribution in [1.82, 2.24) is 0 Å². The quantitative estimate of drug-likeness (QED) is 0.320. The van der Waals surface area contributed by atoms with E-state index >= 15 is 0 Å². The molecule has 1 rings (SSSR count). The monoisotopic (exact) mass is 344 g/mol. The minimum Gasteiger partial charge on any atom is -0.497 e. The van der Waals surface area contributed by atoms with Gasteiger partial charge in [-0.25, -0.2) is 0 Å². The molecule has 2 atom stereocenters. The van der Waals surface area contributed by atoms with Crippen molar-refractivity contribution in [3.8, 4) is 5.75 Å². The van der Waals surface area contributed by atoms with Gasteiger partial charge in [-0.1, -0.05) is 71.2 Å². The first kappa shape index (κ1) is 21.5. The molecular weight excluding hydrogens is 308 g/mol. The molecule has 0 radical (unpaired) electrons. The Hall–Kier alpha value is -1.57. The number of carbonyl (C=O) groups excluding carboxylic acids is 1. The molecule has 0 saturated heterocycles. The first-order chi connectivity index (χ1) is 12.0. The van der Waals surface area contributed by atoms with Crippen LogP contribution in [0.3, 0.4) is 0 Å². The summed E-state index contributed by atoms with van der Waals surface area (Å²) in [6.07, 6.45) is 13.0. The molecule has 1 aromatic rings. The van der Waals surface area contributed by atoms with E-state index in [0.717, 1.165) is 50.6 Å². The molecule has 0 bridgehead atoms. The highest BCUT2D eigenvalue weighted by Crippen LogP contribution is 2.38. The van der Waals surface area contributed by atoms with Crippen LogP contribution in [-0.4, -0.2) is 13.4 Å². The minimum absolute atomic E-state index is 0.0252. The van der Waals surface area contributed by atoms with E-state index in [1.807, 2.05) is 12.1 Å². The number of aldehydes is 1. The van der Waals surface area contributed by atoms with Gasteiger partial charge in [-0.05, 0) is 42.4 Å². The molecule has 2 nitrogen and oxygen atoms in total. The molecule has 0 spiro atoms. The molecule has 0 fully saturated rings. The lowest BCUT2D eigenvalue weighted by Crippen LogP contribution is -2.24. The summed E-state index contributed by atoms with van der Waals surface area (Å²) in [7, 11) is 1.70. The molecule has 1 aromatic carbocycles. The molecule has 0 aliphatic rings. The van der Waals surface area contributed by atoms with Crippen molar-refractivity contribution in [2.75, 3.05) is 7.11 Å². The molecule has 0 unspecified atom stereocenters. The third kappa shape index (κ3) is 6.02. The van der Waals surface area contributed by atoms with Crippen LogP contribution in [0, 0.1) is 5.41 Å². The van der Waals surface area contributed by atoms with Crippen LogP contribution < -0.4 is 4.74 Å². The van der Waals surface area contributed by atoms with Gasteiger partial charge >= 0.3 is 0 Å². The van der Waals surface area contributed by atoms with Crippen LogP contribution >= 0.6 is 0 Å². The van der Waals surface area contributed by atoms with Gasteiger partial charge in [-0.3, -0.25) is 0 Å². The normalized spacial score (nSPS) is 16.4. The molecule has 0 aromatic heterocycles. The van der Waals surface area contributed by atoms with Crippen molar-refractivity contribution in [2.24, 2.45) is 5.41 Å². The summed E-state index contributed by atoms with van der Waals surface area (Å²) in [6, 6.07) is 8.47. The second kappa shape index (κ2) is 10.4. The van der Waals surface area contributed by atoms with Crippen molar-refractivity contribution < 1.29 is 9.53 Å². The predicted molar refractivity (Wildman–Crippen MR) is 107 cm³/mol. The van der Waals surface area contributed by atoms with E-state index < -0.39 is 0 Å². The number of unbranched alkanes of at least 4 members (excludes halogenated alkanes) is 1. The van der Waals surface area contributed by atoms with Gasteiger partial charge < -0.3 is 9.53 Å². The molecule has 0 saturated carbocycles. The zero-order chi connectivity index (χ0) is 18.8. The predicted octanol–water partition coefficient (Wildman–Crippen LogP) is 6.48. The number of methoxy groups -OCH3 is 1. The highest BCUT2D eigenvalue weighted by atomic mass is 16.5. The van der Waals surface area contributed by atoms with Crippen LogP contribution in [0.1, 0.15) is 78.2 Å². The summed E-state index contributed by atoms with van der Waals surface area (Å²) in [5.74, 6) is 0.892. The zero-order valence-electron chi connectivity index (χ0n) is 16.8. The van der Waals surface area contributed by atoms with Crippen LogP contribution in [0.5, 0.6) is 5.75 Å². The van der Waals surface area contributed by atoms with E-state index in [-0.39, 0.29) is 10.8 Å². The van der Waals surface area contributed by atoms with Gasteiger partial charge in [-0.15, -0.1) is 0 Å². The van der Waals surface area contributed by atoms with Gasteiger partial charge in [0.05, 0.1) is 7.11 Å². The van der Waals surface area contributed by atoms with Crippen molar-refractivity contribution in [2.45, 2.75) is 78.1 Å². The van der Waals surface area contributed by atoms with Crippen molar-refractivity contribution in [1.29, 1.82) is 0 Å². The Morgan fingerprint density at radius 1 is 1.00 bits per heavy atom. The van der Waals surface area contributed by atoms with Crippen LogP contribution in [0.2, 0.25) is 0 Å². The number of carbonyl (C=O) groups is 1. The standard InChI is InChI=1S/C23H36O2/c1-6-9-15-22(4,18-19-24)16-17-23(8-3,14-7-2)20-10-12-21(25-5)13-11-20/h10-13,16-17,19H,6-9,14-15,18H2,1-5H3/b17-16+/t22-,23-/m0/s1. The Morgan fingerprint density at radius 2 is 1.68 bits per heavy atom. The highest BCUT2D eigenvalue weighted by molar-refractivity contribution is 5.51. The number of ether oxygens (including phenoxy) is 1. The van der Waals surface area contributed by atoms with E-state index in [1.165, 1.54) is 5.56 Å². The van der Waals surface area contributed by atoms with E-state index in [1.54, 1.807) is 7.11 Å². The highest BCUT2D eigenvalue weighted by Gasteiger charge is 2.29. The maximum absolute atomic E-state index is 11.2. The van der Waals surface area contributed by atoms with Crippen molar-refractivity contribution in [3.05, 3.63) is 42.0 Å². The minimum atomic E-state index is -0.0433. The second-order valence-corrected chi connectivity index (χ2v) is 7.45. The molecule has 2 heteroatoms. The first-order valence-corrected chi connectivity index (χ1v) is 9.77. The van der Waals surface area contributed by atoms with Gasteiger partial charge in [0.1, 0.15) is 12.0 Å². The molecular formula is C23H36O2. The molecule has 0 heterocycles. The van der Waals surface area contributed by atoms with Gasteiger partial charge in [0.2, 0.25) is 0 Å². The largest absolute Gasteiger partial charge is 0.497 e. The van der Waals surface area contributed by atoms with Crippen LogP contribution in [0.4, 0.5) is 0 Å². The lowest BCUT2D eigenvalue weighted by atomic mass is 9.72. The Kier molecular flexibility index (Phi) is 8.96. The first-order valence-electron chi connectivity index (χ1n) is 9.77. The lowest BCUT2D eigenvalue weighted by molar-refractivity contribution is -0.109. The molecule has 0 aliphatic carbocycles. The summed E-state index contributed by atoms with van der Waals surface area (Å²) < 4.78 is 5.31. The van der Waals surface area contributed by atoms with E-state index in [0.29, 0.717) is 6.42 Å². The van der Waals surface area contributed by atoms with Crippen LogP contribution in [0.25, 0.3) is 0 Å². The Labute approximate surface area is 154 Å². The second-order valence-electron chi connectivity index (χ2n) is 7.45.